The molecule has 3 unspecified atom stereocenters. The van der Waals surface area contributed by atoms with Crippen molar-refractivity contribution >= 4 is 38.8 Å². The van der Waals surface area contributed by atoms with Gasteiger partial charge in [0.05, 0.1) is 30.5 Å². The van der Waals surface area contributed by atoms with E-state index in [1.54, 1.807) is 0 Å². The molecule has 1 aromatic carbocycles. The number of nitrogen functional groups attached to an aromatic ring is 1. The first-order valence-corrected chi connectivity index (χ1v) is 11.5. The molecule has 4 heterocycles. The van der Waals surface area contributed by atoms with Crippen LogP contribution in [-0.2, 0) is 6.42 Å². The molecule has 0 saturated carbocycles. The van der Waals surface area contributed by atoms with E-state index < -0.39 is 6.10 Å². The molecular weight excluding hydrogens is 428 g/mol. The van der Waals surface area contributed by atoms with E-state index in [0.29, 0.717) is 36.6 Å². The Kier molecular flexibility index (Phi) is 5.40. The van der Waals surface area contributed by atoms with Gasteiger partial charge in [-0.15, -0.1) is 11.3 Å². The van der Waals surface area contributed by atoms with Crippen LogP contribution in [-0.4, -0.2) is 59.1 Å². The van der Waals surface area contributed by atoms with Crippen molar-refractivity contribution in [2.45, 2.75) is 38.0 Å². The van der Waals surface area contributed by atoms with Gasteiger partial charge in [0.25, 0.3) is 5.91 Å². The summed E-state index contributed by atoms with van der Waals surface area (Å²) in [7, 11) is 0. The lowest BCUT2D eigenvalue weighted by Crippen LogP contribution is -2.42. The Morgan fingerprint density at radius 1 is 1.38 bits per heavy atom. The molecule has 1 amide bonds. The summed E-state index contributed by atoms with van der Waals surface area (Å²) in [6, 6.07) is 9.44. The van der Waals surface area contributed by atoms with Crippen LogP contribution in [0.3, 0.4) is 0 Å². The fraction of sp³-hybridized carbons (Fsp3) is 0.391. The standard InChI is InChI=1S/C23H26N4O4S/c1-12-2-5-18-20(24)21(32-23(18)25-12)22(30)26-14-6-13-3-4-15(8-19(13)31-11-14)27-9-17(29)7-16(27)10-28/h2-5,8,14,16-17,28-29H,6-7,9-11,24H2,1H3,(H,26,30). The van der Waals surface area contributed by atoms with E-state index in [2.05, 4.69) is 10.3 Å². The van der Waals surface area contributed by atoms with E-state index in [1.165, 1.54) is 11.3 Å². The summed E-state index contributed by atoms with van der Waals surface area (Å²) >= 11 is 1.30. The van der Waals surface area contributed by atoms with Crippen LogP contribution in [0.15, 0.2) is 30.3 Å². The molecule has 3 atom stereocenters. The molecule has 5 N–H and O–H groups in total. The molecule has 8 nitrogen and oxygen atoms in total. The molecule has 168 valence electrons. The Labute approximate surface area is 189 Å². The average Bonchev–Trinajstić information content (AvgIpc) is 3.32. The lowest BCUT2D eigenvalue weighted by atomic mass is 10.0. The number of fused-ring (bicyclic) bond motifs is 2. The van der Waals surface area contributed by atoms with Crippen LogP contribution in [0.25, 0.3) is 10.2 Å². The van der Waals surface area contributed by atoms with Gasteiger partial charge in [0.1, 0.15) is 22.1 Å². The Bertz CT molecular complexity index is 1180. The highest BCUT2D eigenvalue weighted by atomic mass is 32.1. The maximum Gasteiger partial charge on any atom is 0.263 e. The van der Waals surface area contributed by atoms with E-state index in [1.807, 2.05) is 42.2 Å². The minimum atomic E-state index is -0.441. The molecule has 2 aliphatic rings. The molecule has 1 saturated heterocycles. The van der Waals surface area contributed by atoms with Gasteiger partial charge in [-0.3, -0.25) is 4.79 Å². The number of aliphatic hydroxyl groups is 2. The van der Waals surface area contributed by atoms with Crippen LogP contribution in [0.1, 0.15) is 27.3 Å². The van der Waals surface area contributed by atoms with E-state index in [0.717, 1.165) is 32.9 Å². The number of aromatic nitrogens is 1. The highest BCUT2D eigenvalue weighted by Crippen LogP contribution is 2.35. The SMILES string of the molecule is Cc1ccc2c(N)c(C(=O)NC3COc4cc(N5CC(O)CC5CO)ccc4C3)sc2n1. The molecular formula is C23H26N4O4S. The van der Waals surface area contributed by atoms with Gasteiger partial charge in [-0.25, -0.2) is 4.98 Å². The molecule has 0 spiro atoms. The molecule has 5 rings (SSSR count). The van der Waals surface area contributed by atoms with Gasteiger partial charge in [0.15, 0.2) is 0 Å². The van der Waals surface area contributed by atoms with Crippen molar-refractivity contribution in [1.82, 2.24) is 10.3 Å². The highest BCUT2D eigenvalue weighted by molar-refractivity contribution is 7.21. The van der Waals surface area contributed by atoms with Gasteiger partial charge in [-0.05, 0) is 43.5 Å². The summed E-state index contributed by atoms with van der Waals surface area (Å²) < 4.78 is 5.97. The fourth-order valence-corrected chi connectivity index (χ4v) is 5.57. The van der Waals surface area contributed by atoms with Crippen molar-refractivity contribution in [1.29, 1.82) is 0 Å². The third-order valence-corrected chi connectivity index (χ3v) is 7.28. The predicted molar refractivity (Wildman–Crippen MR) is 125 cm³/mol. The molecule has 3 aromatic rings. The number of nitrogens with two attached hydrogens (primary N) is 1. The summed E-state index contributed by atoms with van der Waals surface area (Å²) in [5.41, 5.74) is 9.49. The number of aliphatic hydroxyl groups excluding tert-OH is 2. The van der Waals surface area contributed by atoms with Gasteiger partial charge in [-0.2, -0.15) is 0 Å². The Balaban J connectivity index is 1.30. The fourth-order valence-electron chi connectivity index (χ4n) is 4.52. The molecule has 0 aliphatic carbocycles. The maximum absolute atomic E-state index is 12.9. The smallest absolute Gasteiger partial charge is 0.263 e. The normalized spacial score (nSPS) is 22.6. The molecule has 1 fully saturated rings. The number of benzene rings is 1. The first-order chi connectivity index (χ1) is 15.4. The van der Waals surface area contributed by atoms with Crippen LogP contribution in [0.5, 0.6) is 5.75 Å². The second-order valence-electron chi connectivity index (χ2n) is 8.51. The number of nitrogens with one attached hydrogen (secondary N) is 1. The first-order valence-electron chi connectivity index (χ1n) is 10.7. The lowest BCUT2D eigenvalue weighted by Gasteiger charge is -2.29. The number of hydrogen-bond donors (Lipinski definition) is 4. The van der Waals surface area contributed by atoms with Crippen LogP contribution in [0.2, 0.25) is 0 Å². The molecule has 0 radical (unpaired) electrons. The van der Waals surface area contributed by atoms with Crippen LogP contribution < -0.4 is 20.7 Å². The minimum absolute atomic E-state index is 0.000934. The van der Waals surface area contributed by atoms with Gasteiger partial charge in [-0.1, -0.05) is 6.07 Å². The second kappa shape index (κ2) is 8.23. The largest absolute Gasteiger partial charge is 0.491 e. The van der Waals surface area contributed by atoms with Gasteiger partial charge in [0.2, 0.25) is 0 Å². The molecule has 32 heavy (non-hydrogen) atoms. The third-order valence-electron chi connectivity index (χ3n) is 6.17. The lowest BCUT2D eigenvalue weighted by molar-refractivity contribution is 0.0920. The van der Waals surface area contributed by atoms with E-state index in [9.17, 15) is 15.0 Å². The highest BCUT2D eigenvalue weighted by Gasteiger charge is 2.32. The van der Waals surface area contributed by atoms with Crippen LogP contribution in [0.4, 0.5) is 11.4 Å². The van der Waals surface area contributed by atoms with Crippen molar-refractivity contribution in [3.05, 3.63) is 46.5 Å². The second-order valence-corrected chi connectivity index (χ2v) is 9.51. The molecule has 9 heteroatoms. The number of pyridine rings is 1. The quantitative estimate of drug-likeness (QED) is 0.475. The van der Waals surface area contributed by atoms with Crippen molar-refractivity contribution in [2.75, 3.05) is 30.4 Å². The molecule has 2 aromatic heterocycles. The van der Waals surface area contributed by atoms with E-state index in [4.69, 9.17) is 10.5 Å². The number of hydrogen-bond acceptors (Lipinski definition) is 8. The number of carbonyl (C=O) groups is 1. The van der Waals surface area contributed by atoms with Crippen LogP contribution in [0, 0.1) is 6.92 Å². The summed E-state index contributed by atoms with van der Waals surface area (Å²) in [4.78, 5) is 20.6. The Morgan fingerprint density at radius 3 is 3.03 bits per heavy atom. The number of aryl methyl sites for hydroxylation is 1. The predicted octanol–water partition coefficient (Wildman–Crippen LogP) is 1.85. The Morgan fingerprint density at radius 2 is 2.22 bits per heavy atom. The van der Waals surface area contributed by atoms with E-state index >= 15 is 0 Å². The number of nitrogens with zero attached hydrogens (tertiary/aromatic N) is 2. The number of thiophene rings is 1. The summed E-state index contributed by atoms with van der Waals surface area (Å²) in [5, 5.41) is 23.4. The van der Waals surface area contributed by atoms with Gasteiger partial charge < -0.3 is 30.9 Å². The minimum Gasteiger partial charge on any atom is -0.491 e. The van der Waals surface area contributed by atoms with E-state index in [-0.39, 0.29) is 24.6 Å². The number of β-amino-alcohol motifs (C(OH)–C–C–N with tert-alkyl or cyclic N) is 1. The van der Waals surface area contributed by atoms with Crippen molar-refractivity contribution in [3.63, 3.8) is 0 Å². The summed E-state index contributed by atoms with van der Waals surface area (Å²) in [6.07, 6.45) is 0.762. The number of anilines is 2. The summed E-state index contributed by atoms with van der Waals surface area (Å²) in [5.74, 6) is 0.556. The topological polar surface area (TPSA) is 121 Å². The zero-order valence-electron chi connectivity index (χ0n) is 17.7. The molecule has 2 aliphatic heterocycles. The van der Waals surface area contributed by atoms with Gasteiger partial charge >= 0.3 is 0 Å². The number of carbonyl (C=O) groups excluding carboxylic acids is 1. The van der Waals surface area contributed by atoms with Crippen molar-refractivity contribution < 1.29 is 19.7 Å². The molecule has 0 bridgehead atoms. The zero-order chi connectivity index (χ0) is 22.4. The Hall–Kier alpha value is -2.88. The average molecular weight is 455 g/mol. The summed E-state index contributed by atoms with van der Waals surface area (Å²) in [6.45, 7) is 2.76. The van der Waals surface area contributed by atoms with Crippen molar-refractivity contribution in [2.24, 2.45) is 0 Å². The maximum atomic E-state index is 12.9. The van der Waals surface area contributed by atoms with Crippen molar-refractivity contribution in [3.8, 4) is 5.75 Å². The number of amides is 1. The zero-order valence-corrected chi connectivity index (χ0v) is 18.6. The number of ether oxygens (including phenoxy) is 1. The number of rotatable bonds is 4. The van der Waals surface area contributed by atoms with Crippen LogP contribution >= 0.6 is 11.3 Å². The third kappa shape index (κ3) is 3.76. The first kappa shape index (κ1) is 21.0. The van der Waals surface area contributed by atoms with Gasteiger partial charge in [0, 0.05) is 29.4 Å². The monoisotopic (exact) mass is 454 g/mol.